The van der Waals surface area contributed by atoms with Crippen molar-refractivity contribution in [3.8, 4) is 0 Å². The molecule has 2 N–H and O–H groups in total. The largest absolute Gasteiger partial charge is 0.273 e. The summed E-state index contributed by atoms with van der Waals surface area (Å²) < 4.78 is 0. The average Bonchev–Trinajstić information content (AvgIpc) is 2.43. The summed E-state index contributed by atoms with van der Waals surface area (Å²) in [5, 5.41) is 0. The first-order valence-electron chi connectivity index (χ1n) is 8.01. The van der Waals surface area contributed by atoms with Crippen LogP contribution in [0.1, 0.15) is 45.4 Å². The van der Waals surface area contributed by atoms with Crippen LogP contribution >= 0.6 is 0 Å². The molecule has 0 aliphatic heterocycles. The highest BCUT2D eigenvalue weighted by Crippen LogP contribution is 2.59. The summed E-state index contributed by atoms with van der Waals surface area (Å²) in [4.78, 5) is 24.2. The first-order valence-corrected chi connectivity index (χ1v) is 8.01. The lowest BCUT2D eigenvalue weighted by molar-refractivity contribution is -0.148. The van der Waals surface area contributed by atoms with Gasteiger partial charge in [-0.2, -0.15) is 0 Å². The van der Waals surface area contributed by atoms with Gasteiger partial charge in [-0.3, -0.25) is 20.4 Å². The molecule has 0 aromatic rings. The van der Waals surface area contributed by atoms with Crippen LogP contribution in [0.4, 0.5) is 0 Å². The van der Waals surface area contributed by atoms with Crippen molar-refractivity contribution in [2.45, 2.75) is 45.4 Å². The molecule has 4 bridgehead atoms. The van der Waals surface area contributed by atoms with Crippen molar-refractivity contribution < 1.29 is 9.59 Å². The first kappa shape index (κ1) is 14.4. The quantitative estimate of drug-likeness (QED) is 0.476. The van der Waals surface area contributed by atoms with Crippen LogP contribution in [0.25, 0.3) is 0 Å². The zero-order chi connectivity index (χ0) is 14.9. The molecule has 0 heterocycles. The minimum atomic E-state index is -0.286. The number of carbonyl (C=O) groups excluding carboxylic acids is 2. The third-order valence-corrected chi connectivity index (χ3v) is 5.37. The third-order valence-electron chi connectivity index (χ3n) is 5.37. The van der Waals surface area contributed by atoms with Crippen molar-refractivity contribution in [3.05, 3.63) is 24.3 Å². The molecular weight excluding hydrogens is 264 g/mol. The number of hydrogen-bond acceptors (Lipinski definition) is 2. The lowest BCUT2D eigenvalue weighted by Gasteiger charge is -2.55. The molecule has 0 aromatic heterocycles. The van der Waals surface area contributed by atoms with E-state index in [1.807, 2.05) is 13.0 Å². The molecule has 4 nitrogen and oxygen atoms in total. The summed E-state index contributed by atoms with van der Waals surface area (Å²) in [7, 11) is 0. The number of amides is 2. The Morgan fingerprint density at radius 1 is 0.952 bits per heavy atom. The van der Waals surface area contributed by atoms with Gasteiger partial charge in [0.15, 0.2) is 0 Å². The lowest BCUT2D eigenvalue weighted by atomic mass is 9.49. The Labute approximate surface area is 126 Å². The van der Waals surface area contributed by atoms with Crippen molar-refractivity contribution in [3.63, 3.8) is 0 Å². The number of nitrogens with one attached hydrogen (secondary N) is 2. The van der Waals surface area contributed by atoms with Crippen molar-refractivity contribution in [1.82, 2.24) is 10.9 Å². The second kappa shape index (κ2) is 5.66. The van der Waals surface area contributed by atoms with E-state index in [1.54, 1.807) is 12.2 Å². The maximum atomic E-state index is 12.6. The summed E-state index contributed by atoms with van der Waals surface area (Å²) in [6.07, 6.45) is 13.7. The van der Waals surface area contributed by atoms with Crippen LogP contribution in [0.15, 0.2) is 24.3 Å². The van der Waals surface area contributed by atoms with Crippen molar-refractivity contribution in [2.75, 3.05) is 0 Å². The van der Waals surface area contributed by atoms with Crippen LogP contribution in [0.3, 0.4) is 0 Å². The maximum absolute atomic E-state index is 12.6. The monoisotopic (exact) mass is 288 g/mol. The Bertz CT molecular complexity index is 458. The van der Waals surface area contributed by atoms with Gasteiger partial charge in [-0.05, 0) is 63.2 Å². The summed E-state index contributed by atoms with van der Waals surface area (Å²) >= 11 is 0. The zero-order valence-electron chi connectivity index (χ0n) is 12.6. The van der Waals surface area contributed by atoms with Crippen LogP contribution in [-0.2, 0) is 9.59 Å². The van der Waals surface area contributed by atoms with Crippen LogP contribution in [0.2, 0.25) is 0 Å². The predicted molar refractivity (Wildman–Crippen MR) is 80.8 cm³/mol. The molecule has 0 unspecified atom stereocenters. The molecule has 114 valence electrons. The Morgan fingerprint density at radius 2 is 1.52 bits per heavy atom. The van der Waals surface area contributed by atoms with Gasteiger partial charge in [0, 0.05) is 6.08 Å². The predicted octanol–water partition coefficient (Wildman–Crippen LogP) is 2.48. The molecule has 4 rings (SSSR count). The molecular formula is C17H24N2O2. The summed E-state index contributed by atoms with van der Waals surface area (Å²) in [5.74, 6) is 1.92. The van der Waals surface area contributed by atoms with Crippen LogP contribution in [-0.4, -0.2) is 11.8 Å². The molecule has 4 fully saturated rings. The maximum Gasteiger partial charge on any atom is 0.262 e. The van der Waals surface area contributed by atoms with E-state index in [0.717, 1.165) is 37.0 Å². The summed E-state index contributed by atoms with van der Waals surface area (Å²) in [5.41, 5.74) is 4.95. The standard InChI is InChI=1S/C17H24N2O2/c1-2-3-4-5-15(20)18-19-16(21)17-9-12-6-13(10-17)8-14(7-12)11-17/h2-5,12-14H,6-11H2,1H3,(H,18,20)(H,19,21). The fraction of sp³-hybridized carbons (Fsp3) is 0.647. The second-order valence-corrected chi connectivity index (χ2v) is 7.03. The van der Waals surface area contributed by atoms with E-state index >= 15 is 0 Å². The zero-order valence-corrected chi connectivity index (χ0v) is 12.6. The lowest BCUT2D eigenvalue weighted by Crippen LogP contribution is -2.56. The van der Waals surface area contributed by atoms with Gasteiger partial charge in [-0.15, -0.1) is 0 Å². The number of hydrazine groups is 1. The van der Waals surface area contributed by atoms with Crippen molar-refractivity contribution in [1.29, 1.82) is 0 Å². The van der Waals surface area contributed by atoms with Crippen molar-refractivity contribution >= 4 is 11.8 Å². The Kier molecular flexibility index (Phi) is 3.87. The SMILES string of the molecule is CC=CC=CC(=O)NNC(=O)C12CC3CC(CC(C3)C1)C2. The fourth-order valence-electron chi connectivity index (χ4n) is 4.94. The normalized spacial score (nSPS) is 37.3. The Hall–Kier alpha value is -1.58. The van der Waals surface area contributed by atoms with Gasteiger partial charge in [0.1, 0.15) is 0 Å². The molecule has 4 aliphatic rings. The number of rotatable bonds is 3. The van der Waals surface area contributed by atoms with E-state index in [4.69, 9.17) is 0 Å². The topological polar surface area (TPSA) is 58.2 Å². The molecule has 21 heavy (non-hydrogen) atoms. The van der Waals surface area contributed by atoms with Crippen LogP contribution in [0, 0.1) is 23.2 Å². The first-order chi connectivity index (χ1) is 10.1. The summed E-state index contributed by atoms with van der Waals surface area (Å²) in [6.45, 7) is 1.89. The van der Waals surface area contributed by atoms with E-state index < -0.39 is 0 Å². The molecule has 4 saturated carbocycles. The van der Waals surface area contributed by atoms with Gasteiger partial charge in [-0.1, -0.05) is 18.2 Å². The smallest absolute Gasteiger partial charge is 0.262 e. The highest BCUT2D eigenvalue weighted by atomic mass is 16.2. The molecule has 0 saturated heterocycles. The molecule has 0 radical (unpaired) electrons. The van der Waals surface area contributed by atoms with E-state index in [-0.39, 0.29) is 17.2 Å². The van der Waals surface area contributed by atoms with E-state index in [0.29, 0.717) is 0 Å². The van der Waals surface area contributed by atoms with E-state index in [9.17, 15) is 9.59 Å². The molecule has 4 aliphatic carbocycles. The van der Waals surface area contributed by atoms with E-state index in [1.165, 1.54) is 25.3 Å². The highest BCUT2D eigenvalue weighted by molar-refractivity contribution is 5.91. The third kappa shape index (κ3) is 2.89. The molecule has 0 aromatic carbocycles. The number of allylic oxidation sites excluding steroid dienone is 3. The van der Waals surface area contributed by atoms with Gasteiger partial charge in [0.25, 0.3) is 5.91 Å². The molecule has 4 heteroatoms. The van der Waals surface area contributed by atoms with Gasteiger partial charge in [0.05, 0.1) is 5.41 Å². The minimum absolute atomic E-state index is 0.0226. The molecule has 0 atom stereocenters. The van der Waals surface area contributed by atoms with Gasteiger partial charge in [-0.25, -0.2) is 0 Å². The number of hydrogen-bond donors (Lipinski definition) is 2. The Balaban J connectivity index is 1.57. The molecule has 2 amide bonds. The van der Waals surface area contributed by atoms with E-state index in [2.05, 4.69) is 10.9 Å². The van der Waals surface area contributed by atoms with Gasteiger partial charge >= 0.3 is 0 Å². The van der Waals surface area contributed by atoms with Crippen LogP contribution in [0.5, 0.6) is 0 Å². The van der Waals surface area contributed by atoms with Crippen molar-refractivity contribution in [2.24, 2.45) is 23.2 Å². The van der Waals surface area contributed by atoms with Gasteiger partial charge in [0.2, 0.25) is 5.91 Å². The number of carbonyl (C=O) groups is 2. The summed E-state index contributed by atoms with van der Waals surface area (Å²) in [6, 6.07) is 0. The molecule has 0 spiro atoms. The second-order valence-electron chi connectivity index (χ2n) is 7.03. The average molecular weight is 288 g/mol. The highest BCUT2D eigenvalue weighted by Gasteiger charge is 2.54. The van der Waals surface area contributed by atoms with Crippen LogP contribution < -0.4 is 10.9 Å². The Morgan fingerprint density at radius 3 is 2.05 bits per heavy atom. The fourth-order valence-corrected chi connectivity index (χ4v) is 4.94. The minimum Gasteiger partial charge on any atom is -0.273 e. The van der Waals surface area contributed by atoms with Gasteiger partial charge < -0.3 is 0 Å².